The van der Waals surface area contributed by atoms with Crippen LogP contribution in [0.4, 0.5) is 0 Å². The molecular weight excluding hydrogens is 296 g/mol. The molecule has 2 aromatic carbocycles. The second-order valence-corrected chi connectivity index (χ2v) is 5.37. The van der Waals surface area contributed by atoms with E-state index in [-0.39, 0.29) is 23.5 Å². The number of ether oxygens (including phenoxy) is 3. The van der Waals surface area contributed by atoms with Crippen molar-refractivity contribution in [2.24, 2.45) is 0 Å². The number of carbonyl (C=O) groups is 1. The number of ketones is 1. The van der Waals surface area contributed by atoms with Gasteiger partial charge in [-0.1, -0.05) is 6.07 Å². The molecule has 0 aliphatic carbocycles. The van der Waals surface area contributed by atoms with E-state index in [9.17, 15) is 9.90 Å². The fourth-order valence-corrected chi connectivity index (χ4v) is 2.61. The number of hydrogen-bond donors (Lipinski definition) is 1. The Labute approximate surface area is 134 Å². The van der Waals surface area contributed by atoms with Crippen LogP contribution in [0.15, 0.2) is 30.3 Å². The van der Waals surface area contributed by atoms with Gasteiger partial charge in [-0.3, -0.25) is 4.79 Å². The number of phenols is 1. The Kier molecular flexibility index (Phi) is 4.10. The molecule has 3 rings (SSSR count). The van der Waals surface area contributed by atoms with Crippen molar-refractivity contribution in [3.63, 3.8) is 0 Å². The Bertz CT molecular complexity index is 751. The maximum Gasteiger partial charge on any atom is 0.170 e. The highest BCUT2D eigenvalue weighted by atomic mass is 16.6. The van der Waals surface area contributed by atoms with Crippen LogP contribution in [0, 0.1) is 6.92 Å². The first-order valence-electron chi connectivity index (χ1n) is 7.38. The van der Waals surface area contributed by atoms with Gasteiger partial charge in [0.2, 0.25) is 0 Å². The number of phenolic OH excluding ortho intramolecular Hbond substituents is 1. The molecule has 120 valence electrons. The van der Waals surface area contributed by atoms with E-state index in [2.05, 4.69) is 0 Å². The van der Waals surface area contributed by atoms with Crippen molar-refractivity contribution in [1.82, 2.24) is 0 Å². The van der Waals surface area contributed by atoms with Crippen molar-refractivity contribution in [1.29, 1.82) is 0 Å². The Balaban J connectivity index is 1.83. The van der Waals surface area contributed by atoms with E-state index < -0.39 is 0 Å². The lowest BCUT2D eigenvalue weighted by molar-refractivity contribution is 0.0990. The third kappa shape index (κ3) is 2.95. The molecule has 0 spiro atoms. The molecular formula is C18H18O5. The molecule has 0 unspecified atom stereocenters. The van der Waals surface area contributed by atoms with Crippen molar-refractivity contribution >= 4 is 5.78 Å². The van der Waals surface area contributed by atoms with Crippen LogP contribution < -0.4 is 14.2 Å². The van der Waals surface area contributed by atoms with Gasteiger partial charge in [0, 0.05) is 12.0 Å². The number of Topliss-reactive ketones (excluding diaryl/α,β-unsaturated/α-hetero) is 1. The summed E-state index contributed by atoms with van der Waals surface area (Å²) in [6.45, 7) is 2.75. The third-order valence-electron chi connectivity index (χ3n) is 3.87. The Hall–Kier alpha value is -2.69. The van der Waals surface area contributed by atoms with Crippen LogP contribution in [0.25, 0.3) is 0 Å². The summed E-state index contributed by atoms with van der Waals surface area (Å²) in [4.78, 5) is 12.5. The molecule has 0 fully saturated rings. The Morgan fingerprint density at radius 1 is 1.17 bits per heavy atom. The van der Waals surface area contributed by atoms with Crippen LogP contribution in [0.1, 0.15) is 21.5 Å². The Morgan fingerprint density at radius 2 is 1.91 bits per heavy atom. The van der Waals surface area contributed by atoms with E-state index in [1.54, 1.807) is 31.2 Å². The van der Waals surface area contributed by atoms with Crippen molar-refractivity contribution < 1.29 is 24.1 Å². The lowest BCUT2D eigenvalue weighted by atomic mass is 9.99. The molecule has 5 nitrogen and oxygen atoms in total. The van der Waals surface area contributed by atoms with Gasteiger partial charge in [-0.2, -0.15) is 0 Å². The number of rotatable bonds is 4. The van der Waals surface area contributed by atoms with Crippen molar-refractivity contribution in [3.05, 3.63) is 47.0 Å². The normalized spacial score (nSPS) is 12.8. The summed E-state index contributed by atoms with van der Waals surface area (Å²) in [7, 11) is 1.53. The van der Waals surface area contributed by atoms with E-state index in [1.807, 2.05) is 6.07 Å². The van der Waals surface area contributed by atoms with Crippen molar-refractivity contribution in [3.8, 4) is 23.0 Å². The minimum atomic E-state index is -0.162. The lowest BCUT2D eigenvalue weighted by Crippen LogP contribution is -2.15. The average molecular weight is 314 g/mol. The highest BCUT2D eigenvalue weighted by molar-refractivity contribution is 6.00. The molecule has 0 radical (unpaired) electrons. The highest BCUT2D eigenvalue weighted by Crippen LogP contribution is 2.33. The van der Waals surface area contributed by atoms with Gasteiger partial charge in [-0.25, -0.2) is 0 Å². The number of methoxy groups -OCH3 is 1. The first-order chi connectivity index (χ1) is 11.1. The molecule has 0 amide bonds. The smallest absolute Gasteiger partial charge is 0.170 e. The van der Waals surface area contributed by atoms with Crippen LogP contribution in [-0.4, -0.2) is 31.2 Å². The van der Waals surface area contributed by atoms with Crippen LogP contribution in [-0.2, 0) is 6.42 Å². The fourth-order valence-electron chi connectivity index (χ4n) is 2.61. The fraction of sp³-hybridized carbons (Fsp3) is 0.278. The van der Waals surface area contributed by atoms with E-state index in [1.165, 1.54) is 7.11 Å². The molecule has 1 N–H and O–H groups in total. The zero-order valence-corrected chi connectivity index (χ0v) is 13.1. The van der Waals surface area contributed by atoms with Crippen molar-refractivity contribution in [2.75, 3.05) is 20.3 Å². The number of aromatic hydroxyl groups is 1. The van der Waals surface area contributed by atoms with Gasteiger partial charge in [0.1, 0.15) is 24.7 Å². The largest absolute Gasteiger partial charge is 0.507 e. The average Bonchev–Trinajstić information content (AvgIpc) is 2.57. The molecule has 0 atom stereocenters. The summed E-state index contributed by atoms with van der Waals surface area (Å²) >= 11 is 0. The molecule has 5 heteroatoms. The topological polar surface area (TPSA) is 65.0 Å². The monoisotopic (exact) mass is 314 g/mol. The van der Waals surface area contributed by atoms with Crippen LogP contribution >= 0.6 is 0 Å². The number of benzene rings is 2. The minimum absolute atomic E-state index is 0.0353. The molecule has 0 saturated carbocycles. The SMILES string of the molecule is COc1ccc(C(=O)Cc2ccc3c(c2)OCCO3)c(O)c1C. The first kappa shape index (κ1) is 15.2. The second-order valence-electron chi connectivity index (χ2n) is 5.37. The van der Waals surface area contributed by atoms with Gasteiger partial charge in [-0.15, -0.1) is 0 Å². The molecule has 2 aromatic rings. The summed E-state index contributed by atoms with van der Waals surface area (Å²) in [5, 5.41) is 10.2. The van der Waals surface area contributed by atoms with Gasteiger partial charge >= 0.3 is 0 Å². The molecule has 1 aliphatic rings. The molecule has 23 heavy (non-hydrogen) atoms. The van der Waals surface area contributed by atoms with Crippen LogP contribution in [0.2, 0.25) is 0 Å². The number of hydrogen-bond acceptors (Lipinski definition) is 5. The number of fused-ring (bicyclic) bond motifs is 1. The van der Waals surface area contributed by atoms with Gasteiger partial charge in [0.15, 0.2) is 17.3 Å². The molecule has 1 heterocycles. The maximum absolute atomic E-state index is 12.5. The highest BCUT2D eigenvalue weighted by Gasteiger charge is 2.18. The summed E-state index contributed by atoms with van der Waals surface area (Å²) in [6.07, 6.45) is 0.177. The standard InChI is InChI=1S/C18H18O5/c1-11-15(21-2)6-4-13(18(11)20)14(19)9-12-3-5-16-17(10-12)23-8-7-22-16/h3-6,10,20H,7-9H2,1-2H3. The van der Waals surface area contributed by atoms with E-state index in [0.29, 0.717) is 36.0 Å². The van der Waals surface area contributed by atoms with E-state index >= 15 is 0 Å². The predicted octanol–water partition coefficient (Wildman–Crippen LogP) is 2.91. The molecule has 0 aromatic heterocycles. The van der Waals surface area contributed by atoms with Gasteiger partial charge in [-0.05, 0) is 36.8 Å². The third-order valence-corrected chi connectivity index (χ3v) is 3.87. The molecule has 0 bridgehead atoms. The minimum Gasteiger partial charge on any atom is -0.507 e. The van der Waals surface area contributed by atoms with E-state index in [0.717, 1.165) is 5.56 Å². The summed E-state index contributed by atoms with van der Waals surface area (Å²) < 4.78 is 16.1. The zero-order chi connectivity index (χ0) is 16.4. The summed E-state index contributed by atoms with van der Waals surface area (Å²) in [5.41, 5.74) is 1.66. The van der Waals surface area contributed by atoms with Gasteiger partial charge in [0.05, 0.1) is 12.7 Å². The molecule has 1 aliphatic heterocycles. The zero-order valence-electron chi connectivity index (χ0n) is 13.1. The van der Waals surface area contributed by atoms with E-state index in [4.69, 9.17) is 14.2 Å². The Morgan fingerprint density at radius 3 is 2.65 bits per heavy atom. The summed E-state index contributed by atoms with van der Waals surface area (Å²) in [5.74, 6) is 1.70. The van der Waals surface area contributed by atoms with Crippen molar-refractivity contribution in [2.45, 2.75) is 13.3 Å². The van der Waals surface area contributed by atoms with Gasteiger partial charge in [0.25, 0.3) is 0 Å². The summed E-state index contributed by atoms with van der Waals surface area (Å²) in [6, 6.07) is 8.71. The predicted molar refractivity (Wildman–Crippen MR) is 84.9 cm³/mol. The second kappa shape index (κ2) is 6.20. The first-order valence-corrected chi connectivity index (χ1v) is 7.38. The number of carbonyl (C=O) groups excluding carboxylic acids is 1. The maximum atomic E-state index is 12.5. The van der Waals surface area contributed by atoms with Crippen LogP contribution in [0.5, 0.6) is 23.0 Å². The lowest BCUT2D eigenvalue weighted by Gasteiger charge is -2.18. The van der Waals surface area contributed by atoms with Crippen LogP contribution in [0.3, 0.4) is 0 Å². The van der Waals surface area contributed by atoms with Gasteiger partial charge < -0.3 is 19.3 Å². The molecule has 0 saturated heterocycles. The quantitative estimate of drug-likeness (QED) is 0.879.